The van der Waals surface area contributed by atoms with Crippen molar-refractivity contribution >= 4 is 21.6 Å². The molecule has 0 spiro atoms. The number of pyridine rings is 1. The van der Waals surface area contributed by atoms with Crippen LogP contribution in [0.1, 0.15) is 43.3 Å². The molecule has 0 amide bonds. The van der Waals surface area contributed by atoms with Crippen molar-refractivity contribution in [1.82, 2.24) is 4.98 Å². The molecule has 6 nitrogen and oxygen atoms in total. The molecule has 142 valence electrons. The third-order valence-electron chi connectivity index (χ3n) is 3.37. The summed E-state index contributed by atoms with van der Waals surface area (Å²) in [6.07, 6.45) is 0.0513. The van der Waals surface area contributed by atoms with E-state index >= 15 is 0 Å². The lowest BCUT2D eigenvalue weighted by Gasteiger charge is -2.18. The summed E-state index contributed by atoms with van der Waals surface area (Å²) in [6, 6.07) is 7.80. The van der Waals surface area contributed by atoms with Gasteiger partial charge in [-0.1, -0.05) is 5.16 Å². The number of rotatable bonds is 5. The average molecular weight is 436 g/mol. The maximum atomic E-state index is 14.1. The lowest BCUT2D eigenvalue weighted by Crippen LogP contribution is -2.18. The lowest BCUT2D eigenvalue weighted by molar-refractivity contribution is 0.00111. The van der Waals surface area contributed by atoms with E-state index in [4.69, 9.17) is 10.1 Å². The molecular weight excluding hydrogens is 417 g/mol. The van der Waals surface area contributed by atoms with E-state index in [1.807, 2.05) is 6.07 Å². The highest BCUT2D eigenvalue weighted by Crippen LogP contribution is 2.27. The number of hydrogen-bond acceptors (Lipinski definition) is 6. The van der Waals surface area contributed by atoms with Crippen LogP contribution < -0.4 is 0 Å². The molecule has 0 aliphatic carbocycles. The standard InChI is InChI=1S/C19H19BrFN3O3/c1-19(2,3)27-24-17(11-8-12(10-25)16(21)14(20)9-11)18-15(26)5-4-13(23-18)6-7-22/h4-5,8-9,25-26H,6,10H2,1-3H3/b24-17-. The van der Waals surface area contributed by atoms with Crippen molar-refractivity contribution in [3.05, 3.63) is 57.1 Å². The molecule has 0 unspecified atom stereocenters. The largest absolute Gasteiger partial charge is 0.506 e. The van der Waals surface area contributed by atoms with Gasteiger partial charge in [0.1, 0.15) is 28.6 Å². The van der Waals surface area contributed by atoms with Gasteiger partial charge in [-0.25, -0.2) is 9.37 Å². The fraction of sp³-hybridized carbons (Fsp3) is 0.316. The highest BCUT2D eigenvalue weighted by molar-refractivity contribution is 9.10. The molecule has 8 heteroatoms. The van der Waals surface area contributed by atoms with Gasteiger partial charge in [0.05, 0.1) is 29.3 Å². The molecule has 27 heavy (non-hydrogen) atoms. The molecule has 0 saturated heterocycles. The summed E-state index contributed by atoms with van der Waals surface area (Å²) in [5, 5.41) is 32.7. The first-order valence-corrected chi connectivity index (χ1v) is 8.87. The molecule has 2 rings (SSSR count). The second-order valence-electron chi connectivity index (χ2n) is 6.74. The van der Waals surface area contributed by atoms with Crippen molar-refractivity contribution in [2.45, 2.75) is 39.4 Å². The molecule has 0 bridgehead atoms. The Kier molecular flexibility index (Phi) is 6.52. The second kappa shape index (κ2) is 8.46. The number of aliphatic hydroxyl groups is 1. The van der Waals surface area contributed by atoms with E-state index in [0.717, 1.165) is 0 Å². The third-order valence-corrected chi connectivity index (χ3v) is 3.95. The SMILES string of the molecule is CC(C)(C)O/N=C(/c1cc(Br)c(F)c(CO)c1)c1nc(CC#N)ccc1O. The Balaban J connectivity index is 2.69. The van der Waals surface area contributed by atoms with Crippen LogP contribution in [0.5, 0.6) is 5.75 Å². The van der Waals surface area contributed by atoms with Gasteiger partial charge in [0.25, 0.3) is 0 Å². The van der Waals surface area contributed by atoms with E-state index in [2.05, 4.69) is 26.1 Å². The van der Waals surface area contributed by atoms with Gasteiger partial charge in [0.15, 0.2) is 0 Å². The number of oxime groups is 1. The molecule has 1 heterocycles. The smallest absolute Gasteiger partial charge is 0.143 e. The summed E-state index contributed by atoms with van der Waals surface area (Å²) in [6.45, 7) is 4.88. The van der Waals surface area contributed by atoms with Gasteiger partial charge in [0.2, 0.25) is 0 Å². The lowest BCUT2D eigenvalue weighted by atomic mass is 10.0. The molecule has 2 aromatic rings. The number of benzene rings is 1. The first-order chi connectivity index (χ1) is 12.7. The van der Waals surface area contributed by atoms with Gasteiger partial charge in [0, 0.05) is 11.1 Å². The molecular formula is C19H19BrFN3O3. The Labute approximate surface area is 165 Å². The summed E-state index contributed by atoms with van der Waals surface area (Å²) in [5.41, 5.74) is 0.496. The van der Waals surface area contributed by atoms with Crippen molar-refractivity contribution in [2.75, 3.05) is 0 Å². The van der Waals surface area contributed by atoms with Crippen molar-refractivity contribution in [3.63, 3.8) is 0 Å². The van der Waals surface area contributed by atoms with Gasteiger partial charge in [-0.2, -0.15) is 5.26 Å². The van der Waals surface area contributed by atoms with Crippen LogP contribution in [-0.2, 0) is 17.9 Å². The topological polar surface area (TPSA) is 98.7 Å². The first-order valence-electron chi connectivity index (χ1n) is 8.07. The van der Waals surface area contributed by atoms with Crippen LogP contribution in [0.4, 0.5) is 4.39 Å². The van der Waals surface area contributed by atoms with Gasteiger partial charge in [-0.3, -0.25) is 0 Å². The summed E-state index contributed by atoms with van der Waals surface area (Å²) >= 11 is 3.12. The maximum absolute atomic E-state index is 14.1. The molecule has 0 radical (unpaired) electrons. The van der Waals surface area contributed by atoms with Crippen LogP contribution in [0.15, 0.2) is 33.9 Å². The summed E-state index contributed by atoms with van der Waals surface area (Å²) in [5.74, 6) is -0.758. The zero-order valence-corrected chi connectivity index (χ0v) is 16.7. The zero-order chi connectivity index (χ0) is 20.2. The number of hydrogen-bond donors (Lipinski definition) is 2. The summed E-state index contributed by atoms with van der Waals surface area (Å²) in [7, 11) is 0. The fourth-order valence-electron chi connectivity index (χ4n) is 2.16. The maximum Gasteiger partial charge on any atom is 0.143 e. The number of aromatic hydroxyl groups is 1. The Morgan fingerprint density at radius 2 is 2.07 bits per heavy atom. The molecule has 0 saturated carbocycles. The third kappa shape index (κ3) is 5.25. The summed E-state index contributed by atoms with van der Waals surface area (Å²) < 4.78 is 14.2. The second-order valence-corrected chi connectivity index (χ2v) is 7.59. The van der Waals surface area contributed by atoms with Gasteiger partial charge < -0.3 is 15.1 Å². The van der Waals surface area contributed by atoms with E-state index in [1.165, 1.54) is 24.3 Å². The minimum Gasteiger partial charge on any atom is -0.506 e. The molecule has 2 N–H and O–H groups in total. The molecule has 0 fully saturated rings. The molecule has 0 atom stereocenters. The van der Waals surface area contributed by atoms with Crippen molar-refractivity contribution in [1.29, 1.82) is 5.26 Å². The van der Waals surface area contributed by atoms with E-state index in [0.29, 0.717) is 11.3 Å². The Morgan fingerprint density at radius 1 is 1.37 bits per heavy atom. The van der Waals surface area contributed by atoms with Crippen molar-refractivity contribution in [2.24, 2.45) is 5.16 Å². The van der Waals surface area contributed by atoms with Gasteiger partial charge in [-0.05, 0) is 61.0 Å². The Hall–Kier alpha value is -2.50. The number of aromatic nitrogens is 1. The quantitative estimate of drug-likeness (QED) is 0.549. The van der Waals surface area contributed by atoms with E-state index in [-0.39, 0.29) is 33.6 Å². The Bertz CT molecular complexity index is 918. The number of halogens is 2. The predicted octanol–water partition coefficient (Wildman–Crippen LogP) is 3.81. The molecule has 0 aliphatic rings. The number of nitriles is 1. The monoisotopic (exact) mass is 435 g/mol. The zero-order valence-electron chi connectivity index (χ0n) is 15.1. The number of nitrogens with zero attached hydrogens (tertiary/aromatic N) is 3. The van der Waals surface area contributed by atoms with Crippen molar-refractivity contribution in [3.8, 4) is 11.8 Å². The molecule has 1 aromatic carbocycles. The fourth-order valence-corrected chi connectivity index (χ4v) is 2.66. The molecule has 1 aromatic heterocycles. The van der Waals surface area contributed by atoms with E-state index in [1.54, 1.807) is 20.8 Å². The minimum atomic E-state index is -0.623. The summed E-state index contributed by atoms with van der Waals surface area (Å²) in [4.78, 5) is 9.79. The first kappa shape index (κ1) is 20.8. The van der Waals surface area contributed by atoms with Gasteiger partial charge in [-0.15, -0.1) is 0 Å². The van der Waals surface area contributed by atoms with Gasteiger partial charge >= 0.3 is 0 Å². The van der Waals surface area contributed by atoms with Crippen LogP contribution in [0, 0.1) is 17.1 Å². The highest BCUT2D eigenvalue weighted by Gasteiger charge is 2.20. The normalized spacial score (nSPS) is 12.0. The van der Waals surface area contributed by atoms with Crippen LogP contribution in [-0.4, -0.2) is 26.5 Å². The minimum absolute atomic E-state index is 0.0513. The Morgan fingerprint density at radius 3 is 2.67 bits per heavy atom. The highest BCUT2D eigenvalue weighted by atomic mass is 79.9. The van der Waals surface area contributed by atoms with Crippen LogP contribution >= 0.6 is 15.9 Å². The molecule has 0 aliphatic heterocycles. The van der Waals surface area contributed by atoms with Crippen LogP contribution in [0.3, 0.4) is 0 Å². The predicted molar refractivity (Wildman–Crippen MR) is 102 cm³/mol. The van der Waals surface area contributed by atoms with Crippen LogP contribution in [0.2, 0.25) is 0 Å². The number of aliphatic hydroxyl groups excluding tert-OH is 1. The van der Waals surface area contributed by atoms with E-state index in [9.17, 15) is 14.6 Å². The van der Waals surface area contributed by atoms with Crippen LogP contribution in [0.25, 0.3) is 0 Å². The van der Waals surface area contributed by atoms with Crippen molar-refractivity contribution < 1.29 is 19.4 Å². The average Bonchev–Trinajstić information content (AvgIpc) is 2.59. The van der Waals surface area contributed by atoms with E-state index < -0.39 is 18.0 Å².